The first-order valence-corrected chi connectivity index (χ1v) is 18.4. The number of nitrogens with one attached hydrogen (secondary N) is 2. The third-order valence-corrected chi connectivity index (χ3v) is 10.6. The average Bonchev–Trinajstić information content (AvgIpc) is 3.97. The first-order chi connectivity index (χ1) is 27.1. The fourth-order valence-corrected chi connectivity index (χ4v) is 8.00. The van der Waals surface area contributed by atoms with E-state index in [-0.39, 0.29) is 49.8 Å². The molecule has 6 aromatic rings. The van der Waals surface area contributed by atoms with Gasteiger partial charge in [-0.2, -0.15) is 10.2 Å². The summed E-state index contributed by atoms with van der Waals surface area (Å²) in [7, 11) is 0. The summed E-state index contributed by atoms with van der Waals surface area (Å²) in [5.74, 6) is -4.39. The molecule has 17 heteroatoms. The van der Waals surface area contributed by atoms with Crippen molar-refractivity contribution < 1.29 is 31.9 Å². The van der Waals surface area contributed by atoms with Gasteiger partial charge < -0.3 is 20.3 Å². The van der Waals surface area contributed by atoms with Crippen LogP contribution in [-0.4, -0.2) is 103 Å². The number of carbonyl (C=O) groups excluding carboxylic acids is 2. The number of amides is 2. The van der Waals surface area contributed by atoms with E-state index in [9.17, 15) is 27.2 Å². The van der Waals surface area contributed by atoms with Crippen molar-refractivity contribution >= 4 is 39.6 Å². The smallest absolute Gasteiger partial charge is 0.262 e. The Morgan fingerprint density at radius 2 is 1.71 bits per heavy atom. The Hall–Kier alpha value is -6.10. The van der Waals surface area contributed by atoms with Crippen LogP contribution in [0.1, 0.15) is 19.3 Å². The van der Waals surface area contributed by atoms with E-state index >= 15 is 0 Å². The lowest BCUT2D eigenvalue weighted by Gasteiger charge is -2.25. The van der Waals surface area contributed by atoms with Crippen LogP contribution in [0, 0.1) is 11.6 Å². The SMILES string of the molecule is O=C1NCCCNC(=O)[C@@H]2C[C@@H](CN2c2ncnc3c2cnn3-c2ccc(F)cc2F)Oc2cccc(c2)-c2cccc3nn(cc23)CCN2CC(F)(F)C[C@H]12. The number of benzene rings is 3. The number of carbonyl (C=O) groups is 2. The molecule has 13 nitrogen and oxygen atoms in total. The largest absolute Gasteiger partial charge is 0.488 e. The van der Waals surface area contributed by atoms with Gasteiger partial charge >= 0.3 is 0 Å². The third kappa shape index (κ3) is 6.75. The van der Waals surface area contributed by atoms with E-state index in [0.29, 0.717) is 29.9 Å². The molecule has 2 saturated heterocycles. The number of ether oxygens (including phenoxy) is 1. The lowest BCUT2D eigenvalue weighted by atomic mass is 10.0. The molecule has 3 aromatic heterocycles. The predicted molar refractivity (Wildman–Crippen MR) is 197 cm³/mol. The molecule has 288 valence electrons. The Kier molecular flexibility index (Phi) is 9.02. The summed E-state index contributed by atoms with van der Waals surface area (Å²) in [6.07, 6.45) is 4.27. The number of halogens is 4. The van der Waals surface area contributed by atoms with E-state index in [1.54, 1.807) is 4.68 Å². The van der Waals surface area contributed by atoms with E-state index in [4.69, 9.17) is 9.84 Å². The zero-order valence-corrected chi connectivity index (χ0v) is 29.9. The van der Waals surface area contributed by atoms with Gasteiger partial charge in [-0.3, -0.25) is 19.2 Å². The van der Waals surface area contributed by atoms with Crippen molar-refractivity contribution in [2.45, 2.75) is 49.9 Å². The van der Waals surface area contributed by atoms with Gasteiger partial charge in [-0.05, 0) is 47.9 Å². The molecular formula is C39H36F4N10O3. The van der Waals surface area contributed by atoms with Gasteiger partial charge in [0.2, 0.25) is 11.8 Å². The van der Waals surface area contributed by atoms with Gasteiger partial charge in [0, 0.05) is 50.1 Å². The highest BCUT2D eigenvalue weighted by Crippen LogP contribution is 2.36. The second-order valence-electron chi connectivity index (χ2n) is 14.4. The molecule has 0 aliphatic carbocycles. The van der Waals surface area contributed by atoms with Crippen molar-refractivity contribution in [3.8, 4) is 22.6 Å². The van der Waals surface area contributed by atoms with Crippen molar-refractivity contribution in [2.24, 2.45) is 0 Å². The molecule has 2 N–H and O–H groups in total. The Morgan fingerprint density at radius 3 is 2.55 bits per heavy atom. The second kappa shape index (κ2) is 14.2. The number of nitrogens with zero attached hydrogens (tertiary/aromatic N) is 8. The average molecular weight is 769 g/mol. The highest BCUT2D eigenvalue weighted by atomic mass is 19.3. The van der Waals surface area contributed by atoms with Crippen LogP contribution >= 0.6 is 0 Å². The van der Waals surface area contributed by atoms with Crippen molar-refractivity contribution in [1.82, 2.24) is 45.1 Å². The van der Waals surface area contributed by atoms with E-state index in [1.165, 1.54) is 28.2 Å². The number of hydrogen-bond donors (Lipinski definition) is 2. The fraction of sp³-hybridized carbons (Fsp3) is 0.333. The number of rotatable bonds is 2. The summed E-state index contributed by atoms with van der Waals surface area (Å²) < 4.78 is 67.4. The Balaban J connectivity index is 1.05. The lowest BCUT2D eigenvalue weighted by Crippen LogP contribution is -2.46. The van der Waals surface area contributed by atoms with E-state index in [0.717, 1.165) is 34.2 Å². The minimum Gasteiger partial charge on any atom is -0.488 e. The zero-order valence-electron chi connectivity index (χ0n) is 29.9. The molecule has 6 bridgehead atoms. The monoisotopic (exact) mass is 768 g/mol. The Bertz CT molecular complexity index is 2470. The summed E-state index contributed by atoms with van der Waals surface area (Å²) in [4.78, 5) is 39.3. The van der Waals surface area contributed by atoms with E-state index in [2.05, 4.69) is 25.7 Å². The molecule has 0 radical (unpaired) electrons. The van der Waals surface area contributed by atoms with Crippen molar-refractivity contribution in [3.63, 3.8) is 0 Å². The molecule has 3 aliphatic heterocycles. The molecular weight excluding hydrogens is 732 g/mol. The molecule has 3 atom stereocenters. The van der Waals surface area contributed by atoms with Gasteiger partial charge in [0.15, 0.2) is 11.5 Å². The maximum absolute atomic E-state index is 14.8. The number of alkyl halides is 2. The van der Waals surface area contributed by atoms with Crippen LogP contribution in [0.15, 0.2) is 79.4 Å². The molecule has 56 heavy (non-hydrogen) atoms. The summed E-state index contributed by atoms with van der Waals surface area (Å²) in [5, 5.41) is 16.1. The fourth-order valence-electron chi connectivity index (χ4n) is 8.00. The molecule has 0 unspecified atom stereocenters. The maximum atomic E-state index is 14.8. The van der Waals surface area contributed by atoms with Gasteiger partial charge in [0.25, 0.3) is 5.92 Å². The normalized spacial score (nSPS) is 22.0. The van der Waals surface area contributed by atoms with Crippen LogP contribution in [0.4, 0.5) is 23.4 Å². The standard InChI is InChI=1S/C39H36F4N10O3/c40-24-8-9-32(30(41)15-24)53-36-28(18-48-53)35(46-22-47-36)52-19-26-16-33(52)37(54)44-10-3-11-45-38(55)34-17-39(42,43)21-50(34)12-13-51-20-29-27(6-2-7-31(29)49-51)23-4-1-5-25(14-23)56-26/h1-2,4-9,14-15,18,20,22,26,33-34H,3,10-13,16-17,19,21H2,(H,44,54)(H,45,55)/t26-,33-,34+/m0/s1. The highest BCUT2D eigenvalue weighted by molar-refractivity contribution is 5.95. The summed E-state index contributed by atoms with van der Waals surface area (Å²) in [6, 6.07) is 14.8. The van der Waals surface area contributed by atoms with Crippen molar-refractivity contribution in [1.29, 1.82) is 0 Å². The second-order valence-corrected chi connectivity index (χ2v) is 14.4. The van der Waals surface area contributed by atoms with Crippen LogP contribution in [0.5, 0.6) is 5.75 Å². The molecule has 6 heterocycles. The quantitative estimate of drug-likeness (QED) is 0.245. The third-order valence-electron chi connectivity index (χ3n) is 10.6. The van der Waals surface area contributed by atoms with Gasteiger partial charge in [-0.1, -0.05) is 24.3 Å². The number of hydrogen-bond acceptors (Lipinski definition) is 9. The highest BCUT2D eigenvalue weighted by Gasteiger charge is 2.47. The van der Waals surface area contributed by atoms with Crippen molar-refractivity contribution in [3.05, 3.63) is 91.0 Å². The van der Waals surface area contributed by atoms with Crippen LogP contribution in [0.25, 0.3) is 38.8 Å². The van der Waals surface area contributed by atoms with E-state index in [1.807, 2.05) is 53.6 Å². The molecule has 3 aromatic carbocycles. The molecule has 0 saturated carbocycles. The summed E-state index contributed by atoms with van der Waals surface area (Å²) in [5.41, 5.74) is 2.75. The first-order valence-electron chi connectivity index (χ1n) is 18.4. The van der Waals surface area contributed by atoms with Crippen LogP contribution in [0.2, 0.25) is 0 Å². The lowest BCUT2D eigenvalue weighted by molar-refractivity contribution is -0.125. The zero-order chi connectivity index (χ0) is 38.6. The number of anilines is 1. The molecule has 2 fully saturated rings. The van der Waals surface area contributed by atoms with Crippen molar-refractivity contribution in [2.75, 3.05) is 37.6 Å². The van der Waals surface area contributed by atoms with Gasteiger partial charge in [0.1, 0.15) is 41.5 Å². The van der Waals surface area contributed by atoms with Crippen LogP contribution in [-0.2, 0) is 16.1 Å². The van der Waals surface area contributed by atoms with Gasteiger partial charge in [-0.25, -0.2) is 32.2 Å². The van der Waals surface area contributed by atoms with Crippen LogP contribution < -0.4 is 20.3 Å². The topological polar surface area (TPSA) is 135 Å². The molecule has 0 spiro atoms. The molecule has 9 rings (SSSR count). The summed E-state index contributed by atoms with van der Waals surface area (Å²) >= 11 is 0. The van der Waals surface area contributed by atoms with Gasteiger partial charge in [0.05, 0.1) is 42.8 Å². The van der Waals surface area contributed by atoms with Crippen LogP contribution in [0.3, 0.4) is 0 Å². The van der Waals surface area contributed by atoms with Gasteiger partial charge in [-0.15, -0.1) is 0 Å². The predicted octanol–water partition coefficient (Wildman–Crippen LogP) is 4.48. The molecule has 3 aliphatic rings. The van der Waals surface area contributed by atoms with E-state index < -0.39 is 54.6 Å². The number of aromatic nitrogens is 6. The Labute approximate surface area is 317 Å². The first kappa shape index (κ1) is 35.6. The Morgan fingerprint density at radius 1 is 0.893 bits per heavy atom. The summed E-state index contributed by atoms with van der Waals surface area (Å²) in [6.45, 7) is 0.621. The molecule has 2 amide bonds. The minimum absolute atomic E-state index is 0.00560. The number of fused-ring (bicyclic) bond motifs is 8. The maximum Gasteiger partial charge on any atom is 0.262 e. The minimum atomic E-state index is -3.01.